The summed E-state index contributed by atoms with van der Waals surface area (Å²) in [7, 11) is -0.847. The fourth-order valence-corrected chi connectivity index (χ4v) is 3.61. The topological polar surface area (TPSA) is 90.9 Å². The number of likely N-dealkylation sites (tertiary alicyclic amines) is 1. The van der Waals surface area contributed by atoms with Crippen molar-refractivity contribution in [3.8, 4) is 0 Å². The van der Waals surface area contributed by atoms with Crippen molar-refractivity contribution >= 4 is 33.7 Å². The zero-order valence-electron chi connectivity index (χ0n) is 14.2. The van der Waals surface area contributed by atoms with Crippen molar-refractivity contribution in [2.24, 2.45) is 4.36 Å². The highest BCUT2D eigenvalue weighted by Crippen LogP contribution is 2.33. The second-order valence-electron chi connectivity index (χ2n) is 5.99. The van der Waals surface area contributed by atoms with Gasteiger partial charge in [-0.3, -0.25) is 9.69 Å². The third-order valence-electron chi connectivity index (χ3n) is 4.17. The number of piperidine rings is 1. The van der Waals surface area contributed by atoms with Gasteiger partial charge in [-0.25, -0.2) is 0 Å². The minimum atomic E-state index is -2.48. The molecule has 7 nitrogen and oxygen atoms in total. The van der Waals surface area contributed by atoms with Gasteiger partial charge in [-0.05, 0) is 44.1 Å². The van der Waals surface area contributed by atoms with E-state index in [9.17, 15) is 13.2 Å². The summed E-state index contributed by atoms with van der Waals surface area (Å²) < 4.78 is 26.1. The highest BCUT2D eigenvalue weighted by atomic mass is 32.2. The Morgan fingerprint density at radius 1 is 1.36 bits per heavy atom. The molecule has 9 heteroatoms. The maximum atomic E-state index is 12.2. The number of carbonyl (C=O) groups excluding carboxylic acids is 1. The summed E-state index contributed by atoms with van der Waals surface area (Å²) in [5, 5.41) is 5.56. The molecular weight excluding hydrogens is 360 g/mol. The molecule has 1 fully saturated rings. The Kier molecular flexibility index (Phi) is 7.03. The first-order valence-electron chi connectivity index (χ1n) is 8.03. The Morgan fingerprint density at radius 3 is 2.64 bits per heavy atom. The molecule has 0 bridgehead atoms. The van der Waals surface area contributed by atoms with Crippen molar-refractivity contribution in [3.63, 3.8) is 0 Å². The summed E-state index contributed by atoms with van der Waals surface area (Å²) in [6.07, 6.45) is 1.44. The van der Waals surface area contributed by atoms with Crippen molar-refractivity contribution in [1.82, 2.24) is 15.5 Å². The molecule has 1 aliphatic rings. The highest BCUT2D eigenvalue weighted by Gasteiger charge is 2.34. The Hall–Kier alpha value is -1.84. The normalized spacial score (nSPS) is 20.6. The van der Waals surface area contributed by atoms with Crippen LogP contribution in [0, 0.1) is 6.92 Å². The Balaban J connectivity index is 2.28. The van der Waals surface area contributed by atoms with Crippen LogP contribution < -0.4 is 10.6 Å². The van der Waals surface area contributed by atoms with E-state index in [1.54, 1.807) is 7.05 Å². The van der Waals surface area contributed by atoms with E-state index < -0.39 is 16.5 Å². The van der Waals surface area contributed by atoms with Gasteiger partial charge in [0.2, 0.25) is 5.91 Å². The first-order chi connectivity index (χ1) is 11.9. The molecule has 136 valence electrons. The van der Waals surface area contributed by atoms with Gasteiger partial charge in [0.05, 0.1) is 18.6 Å². The molecular formula is C16H22N4O3S2. The molecule has 2 unspecified atom stereocenters. The molecule has 1 amide bonds. The predicted octanol–water partition coefficient (Wildman–Crippen LogP) is 1.18. The fraction of sp³-hybridized carbons (Fsp3) is 0.500. The molecule has 1 aliphatic heterocycles. The number of hydrogen-bond donors (Lipinski definition) is 2. The highest BCUT2D eigenvalue weighted by molar-refractivity contribution is 7.80. The number of carbonyl (C=O) groups is 1. The van der Waals surface area contributed by atoms with E-state index in [4.69, 9.17) is 12.2 Å². The van der Waals surface area contributed by atoms with Crippen molar-refractivity contribution in [1.29, 1.82) is 0 Å². The molecule has 25 heavy (non-hydrogen) atoms. The van der Waals surface area contributed by atoms with Gasteiger partial charge in [0.25, 0.3) is 0 Å². The molecule has 1 aromatic rings. The largest absolute Gasteiger partial charge is 0.365 e. The average molecular weight is 383 g/mol. The lowest BCUT2D eigenvalue weighted by atomic mass is 9.90. The van der Waals surface area contributed by atoms with Crippen molar-refractivity contribution in [2.75, 3.05) is 20.1 Å². The number of rotatable bonds is 4. The van der Waals surface area contributed by atoms with Crippen LogP contribution in [0.15, 0.2) is 28.6 Å². The molecule has 0 saturated carbocycles. The van der Waals surface area contributed by atoms with Crippen LogP contribution in [0.5, 0.6) is 0 Å². The maximum absolute atomic E-state index is 12.2. The zero-order valence-corrected chi connectivity index (χ0v) is 15.9. The van der Waals surface area contributed by atoms with Crippen LogP contribution in [0.25, 0.3) is 0 Å². The quantitative estimate of drug-likeness (QED) is 0.760. The van der Waals surface area contributed by atoms with E-state index in [2.05, 4.69) is 15.0 Å². The van der Waals surface area contributed by atoms with Crippen LogP contribution >= 0.6 is 12.2 Å². The predicted molar refractivity (Wildman–Crippen MR) is 99.7 cm³/mol. The smallest absolute Gasteiger partial charge is 0.311 e. The summed E-state index contributed by atoms with van der Waals surface area (Å²) in [5.74, 6) is -0.236. The first-order valence-corrected chi connectivity index (χ1v) is 9.47. The van der Waals surface area contributed by atoms with E-state index in [0.717, 1.165) is 17.5 Å². The second-order valence-corrected chi connectivity index (χ2v) is 7.04. The molecule has 0 radical (unpaired) electrons. The van der Waals surface area contributed by atoms with Gasteiger partial charge >= 0.3 is 10.5 Å². The van der Waals surface area contributed by atoms with Gasteiger partial charge in [0.1, 0.15) is 0 Å². The molecule has 2 atom stereocenters. The van der Waals surface area contributed by atoms with Crippen LogP contribution in [0.2, 0.25) is 0 Å². The molecule has 2 N–H and O–H groups in total. The summed E-state index contributed by atoms with van der Waals surface area (Å²) >= 11 is 4.96. The van der Waals surface area contributed by atoms with Crippen LogP contribution in [0.4, 0.5) is 0 Å². The van der Waals surface area contributed by atoms with Crippen LogP contribution in [0.1, 0.15) is 30.0 Å². The van der Waals surface area contributed by atoms with Gasteiger partial charge in [-0.15, -0.1) is 0 Å². The molecule has 1 aromatic carbocycles. The number of aryl methyl sites for hydroxylation is 1. The zero-order chi connectivity index (χ0) is 18.4. The summed E-state index contributed by atoms with van der Waals surface area (Å²) in [6, 6.07) is 7.21. The molecule has 0 aromatic heterocycles. The van der Waals surface area contributed by atoms with E-state index in [1.165, 1.54) is 0 Å². The summed E-state index contributed by atoms with van der Waals surface area (Å²) in [5.41, 5.74) is 2.07. The molecule has 0 aliphatic carbocycles. The molecule has 0 spiro atoms. The number of benzene rings is 1. The minimum Gasteiger partial charge on any atom is -0.365 e. The van der Waals surface area contributed by atoms with E-state index in [1.807, 2.05) is 36.1 Å². The monoisotopic (exact) mass is 382 g/mol. The number of nitrogens with one attached hydrogen (secondary N) is 2. The number of nitrogens with zero attached hydrogens (tertiary/aromatic N) is 2. The van der Waals surface area contributed by atoms with E-state index >= 15 is 0 Å². The molecule has 1 saturated heterocycles. The summed E-state index contributed by atoms with van der Waals surface area (Å²) in [4.78, 5) is 14.2. The maximum Gasteiger partial charge on any atom is 0.311 e. The van der Waals surface area contributed by atoms with Crippen LogP contribution in [-0.2, 0) is 15.3 Å². The van der Waals surface area contributed by atoms with Crippen molar-refractivity contribution < 1.29 is 13.2 Å². The van der Waals surface area contributed by atoms with Gasteiger partial charge in [0.15, 0.2) is 5.11 Å². The van der Waals surface area contributed by atoms with Crippen LogP contribution in [-0.4, -0.2) is 50.5 Å². The van der Waals surface area contributed by atoms with Crippen molar-refractivity contribution in [2.45, 2.75) is 31.8 Å². The lowest BCUT2D eigenvalue weighted by Gasteiger charge is -2.38. The second kappa shape index (κ2) is 9.02. The van der Waals surface area contributed by atoms with Gasteiger partial charge in [0, 0.05) is 7.05 Å². The van der Waals surface area contributed by atoms with Gasteiger partial charge in [-0.1, -0.05) is 29.8 Å². The van der Waals surface area contributed by atoms with E-state index in [-0.39, 0.29) is 23.6 Å². The molecule has 2 rings (SSSR count). The Labute approximate surface area is 154 Å². The van der Waals surface area contributed by atoms with Crippen molar-refractivity contribution in [3.05, 3.63) is 35.4 Å². The third-order valence-corrected chi connectivity index (χ3v) is 4.92. The Bertz CT molecular complexity index is 754. The minimum absolute atomic E-state index is 0.123. The first kappa shape index (κ1) is 19.5. The Morgan fingerprint density at radius 2 is 2.04 bits per heavy atom. The number of amides is 1. The number of thiocarbonyl (C=S) groups is 1. The average Bonchev–Trinajstić information content (AvgIpc) is 2.55. The standard InChI is InChI=1S/C16H22N4O3S2/c1-11-5-7-12(8-6-11)15-13(19-25(22)23)4-3-9-20(15)10-14(21)18-16(24)17-2/h5-8,13,15H,3-4,9-10H2,1-2H3,(H2,17,18,21,24). The van der Waals surface area contributed by atoms with E-state index in [0.29, 0.717) is 13.0 Å². The van der Waals surface area contributed by atoms with Gasteiger partial charge < -0.3 is 10.6 Å². The lowest BCUT2D eigenvalue weighted by Crippen LogP contribution is -2.48. The molecule has 1 heterocycles. The van der Waals surface area contributed by atoms with Crippen LogP contribution in [0.3, 0.4) is 0 Å². The van der Waals surface area contributed by atoms with Gasteiger partial charge in [-0.2, -0.15) is 12.8 Å². The lowest BCUT2D eigenvalue weighted by molar-refractivity contribution is -0.121. The third kappa shape index (κ3) is 5.58. The SMILES string of the molecule is CNC(=S)NC(=O)CN1CCCC(N=S(=O)=O)C1c1ccc(C)cc1. The fourth-order valence-electron chi connectivity index (χ4n) is 3.05. The summed E-state index contributed by atoms with van der Waals surface area (Å²) in [6.45, 7) is 2.80. The number of hydrogen-bond acceptors (Lipinski definition) is 6.